The van der Waals surface area contributed by atoms with Crippen LogP contribution in [0.1, 0.15) is 0 Å². The maximum Gasteiger partial charge on any atom is 0.0728 e. The van der Waals surface area contributed by atoms with Crippen LogP contribution in [-0.2, 0) is 0 Å². The van der Waals surface area contributed by atoms with E-state index in [0.29, 0.717) is 0 Å². The van der Waals surface area contributed by atoms with Gasteiger partial charge in [0.25, 0.3) is 0 Å². The van der Waals surface area contributed by atoms with E-state index >= 15 is 0 Å². The zero-order chi connectivity index (χ0) is 6.57. The molecular formula is C6H8P2. The van der Waals surface area contributed by atoms with Gasteiger partial charge in [-0.25, -0.2) is 0 Å². The molecule has 0 bridgehead atoms. The number of rotatable bonds is 1. The molecule has 0 fully saturated rings. The normalized spacial score (nSPS) is 8.75. The fraction of sp³-hybridized carbons (Fsp3) is 0.333. The van der Waals surface area contributed by atoms with Gasteiger partial charge in [0, 0.05) is 0 Å². The first-order valence-electron chi connectivity index (χ1n) is 2.12. The minimum atomic E-state index is -0.495. The molecule has 0 N–H and O–H groups in total. The molecule has 8 heavy (non-hydrogen) atoms. The van der Waals surface area contributed by atoms with Crippen LogP contribution >= 0.6 is 15.2 Å². The van der Waals surface area contributed by atoms with E-state index in [0.717, 1.165) is 0 Å². The smallest absolute Gasteiger partial charge is 0.0728 e. The summed E-state index contributed by atoms with van der Waals surface area (Å²) in [5, 5.41) is 0. The van der Waals surface area contributed by atoms with Crippen LogP contribution in [0.15, 0.2) is 0 Å². The van der Waals surface area contributed by atoms with E-state index in [9.17, 15) is 0 Å². The molecule has 0 saturated heterocycles. The molecule has 0 saturated carbocycles. The molecule has 2 heteroatoms. The number of terminal acetylenes is 2. The molecule has 0 aliphatic heterocycles. The van der Waals surface area contributed by atoms with Crippen molar-refractivity contribution < 1.29 is 0 Å². The van der Waals surface area contributed by atoms with E-state index in [1.165, 1.54) is 0 Å². The van der Waals surface area contributed by atoms with Crippen molar-refractivity contribution in [1.29, 1.82) is 0 Å². The van der Waals surface area contributed by atoms with Crippen LogP contribution in [0.2, 0.25) is 0 Å². The van der Waals surface area contributed by atoms with Crippen molar-refractivity contribution in [2.75, 3.05) is 13.3 Å². The second-order valence-corrected chi connectivity index (χ2v) is 7.85. The number of hydrogen-bond acceptors (Lipinski definition) is 0. The van der Waals surface area contributed by atoms with Crippen molar-refractivity contribution in [3.8, 4) is 24.2 Å². The Balaban J connectivity index is 3.81. The van der Waals surface area contributed by atoms with Crippen LogP contribution in [0.5, 0.6) is 0 Å². The maximum absolute atomic E-state index is 5.14. The fourth-order valence-electron chi connectivity index (χ4n) is 0.268. The molecule has 0 aliphatic rings. The first kappa shape index (κ1) is 7.98. The second kappa shape index (κ2) is 3.92. The predicted molar refractivity (Wildman–Crippen MR) is 43.4 cm³/mol. The average Bonchev–Trinajstić information content (AvgIpc) is 1.69. The topological polar surface area (TPSA) is 0 Å². The Morgan fingerprint density at radius 3 is 1.50 bits per heavy atom. The highest BCUT2D eigenvalue weighted by Gasteiger charge is 2.02. The van der Waals surface area contributed by atoms with Gasteiger partial charge < -0.3 is 0 Å². The molecule has 0 radical (unpaired) electrons. The van der Waals surface area contributed by atoms with E-state index in [-0.39, 0.29) is 7.61 Å². The monoisotopic (exact) mass is 142 g/mol. The third kappa shape index (κ3) is 2.33. The van der Waals surface area contributed by atoms with E-state index in [1.807, 2.05) is 0 Å². The van der Waals surface area contributed by atoms with Gasteiger partial charge >= 0.3 is 0 Å². The van der Waals surface area contributed by atoms with Gasteiger partial charge in [-0.2, -0.15) is 0 Å². The summed E-state index contributed by atoms with van der Waals surface area (Å²) < 4.78 is 0. The third-order valence-corrected chi connectivity index (χ3v) is 5.03. The first-order valence-corrected chi connectivity index (χ1v) is 6.40. The van der Waals surface area contributed by atoms with Crippen molar-refractivity contribution in [2.24, 2.45) is 0 Å². The van der Waals surface area contributed by atoms with Gasteiger partial charge in [0.15, 0.2) is 0 Å². The molecule has 0 heterocycles. The predicted octanol–water partition coefficient (Wildman–Crippen LogP) is 2.31. The van der Waals surface area contributed by atoms with Crippen LogP contribution in [0.4, 0.5) is 0 Å². The van der Waals surface area contributed by atoms with Crippen LogP contribution in [0.25, 0.3) is 0 Å². The van der Waals surface area contributed by atoms with Gasteiger partial charge in [0.1, 0.15) is 0 Å². The van der Waals surface area contributed by atoms with E-state index in [2.05, 4.69) is 24.7 Å². The Hall–Kier alpha value is -0.0200. The Morgan fingerprint density at radius 1 is 1.12 bits per heavy atom. The largest absolute Gasteiger partial charge is 0.114 e. The van der Waals surface area contributed by atoms with Crippen molar-refractivity contribution in [2.45, 2.75) is 0 Å². The van der Waals surface area contributed by atoms with Crippen LogP contribution < -0.4 is 0 Å². The first-order chi connectivity index (χ1) is 3.72. The second-order valence-electron chi connectivity index (χ2n) is 1.42. The highest BCUT2D eigenvalue weighted by Crippen LogP contribution is 2.62. The molecule has 0 spiro atoms. The van der Waals surface area contributed by atoms with Crippen molar-refractivity contribution in [3.05, 3.63) is 0 Å². The van der Waals surface area contributed by atoms with Gasteiger partial charge in [0.2, 0.25) is 0 Å². The van der Waals surface area contributed by atoms with Crippen molar-refractivity contribution in [1.82, 2.24) is 0 Å². The Kier molecular flexibility index (Phi) is 3.91. The molecule has 0 nitrogen and oxygen atoms in total. The molecule has 0 aliphatic carbocycles. The Bertz CT molecular complexity index is 122. The highest BCUT2D eigenvalue weighted by atomic mass is 32.1. The lowest BCUT2D eigenvalue weighted by atomic mass is 11.4. The van der Waals surface area contributed by atoms with Gasteiger partial charge in [-0.15, -0.1) is 12.8 Å². The summed E-state index contributed by atoms with van der Waals surface area (Å²) in [5.41, 5.74) is 5.22. The summed E-state index contributed by atoms with van der Waals surface area (Å²) >= 11 is 0. The van der Waals surface area contributed by atoms with Gasteiger partial charge in [-0.1, -0.05) is 18.9 Å². The zero-order valence-electron chi connectivity index (χ0n) is 5.05. The van der Waals surface area contributed by atoms with Crippen molar-refractivity contribution in [3.63, 3.8) is 0 Å². The molecule has 42 valence electrons. The SMILES string of the molecule is C#CP(C#C)P(C)C. The summed E-state index contributed by atoms with van der Waals surface area (Å²) in [7, 11) is -0.566. The molecule has 0 unspecified atom stereocenters. The number of hydrogen-bond donors (Lipinski definition) is 0. The van der Waals surface area contributed by atoms with Crippen LogP contribution in [-0.4, -0.2) is 13.3 Å². The van der Waals surface area contributed by atoms with Crippen molar-refractivity contribution >= 4 is 15.2 Å². The molecule has 0 atom stereocenters. The highest BCUT2D eigenvalue weighted by molar-refractivity contribution is 8.33. The molecule has 0 aromatic heterocycles. The summed E-state index contributed by atoms with van der Waals surface area (Å²) in [6.07, 6.45) is 10.3. The van der Waals surface area contributed by atoms with Crippen LogP contribution in [0.3, 0.4) is 0 Å². The lowest BCUT2D eigenvalue weighted by Gasteiger charge is -2.04. The molecule has 0 aromatic rings. The van der Waals surface area contributed by atoms with Gasteiger partial charge in [0.05, 0.1) is 7.61 Å². The maximum atomic E-state index is 5.14. The van der Waals surface area contributed by atoms with Crippen LogP contribution in [0, 0.1) is 24.2 Å². The zero-order valence-corrected chi connectivity index (χ0v) is 6.84. The third-order valence-electron chi connectivity index (χ3n) is 0.645. The standard InChI is InChI=1S/C6H8P2/c1-5-8(6-2)7(3)4/h1-2H,3-4H3. The van der Waals surface area contributed by atoms with Gasteiger partial charge in [-0.3, -0.25) is 0 Å². The summed E-state index contributed by atoms with van der Waals surface area (Å²) in [6, 6.07) is 0. The quantitative estimate of drug-likeness (QED) is 0.389. The molecule has 0 aromatic carbocycles. The minimum absolute atomic E-state index is 0.0715. The molecule has 0 rings (SSSR count). The van der Waals surface area contributed by atoms with E-state index < -0.39 is 7.61 Å². The fourth-order valence-corrected chi connectivity index (χ4v) is 2.19. The molecule has 0 amide bonds. The summed E-state index contributed by atoms with van der Waals surface area (Å²) in [5.74, 6) is 0. The lowest BCUT2D eigenvalue weighted by Crippen LogP contribution is -1.59. The summed E-state index contributed by atoms with van der Waals surface area (Å²) in [4.78, 5) is 0. The lowest BCUT2D eigenvalue weighted by molar-refractivity contribution is 2.29. The van der Waals surface area contributed by atoms with E-state index in [1.54, 1.807) is 0 Å². The Morgan fingerprint density at radius 2 is 1.50 bits per heavy atom. The molecular weight excluding hydrogens is 134 g/mol. The minimum Gasteiger partial charge on any atom is -0.114 e. The summed E-state index contributed by atoms with van der Waals surface area (Å²) in [6.45, 7) is 4.22. The Labute approximate surface area is 53.5 Å². The van der Waals surface area contributed by atoms with E-state index in [4.69, 9.17) is 12.8 Å². The van der Waals surface area contributed by atoms with Gasteiger partial charge in [-0.05, 0) is 13.3 Å². The average molecular weight is 142 g/mol.